The van der Waals surface area contributed by atoms with E-state index in [0.717, 1.165) is 11.5 Å². The van der Waals surface area contributed by atoms with E-state index in [0.29, 0.717) is 11.7 Å². The number of nitrogens with one attached hydrogen (secondary N) is 2. The number of amidine groups is 1. The topological polar surface area (TPSA) is 36.4 Å². The van der Waals surface area contributed by atoms with Gasteiger partial charge in [-0.15, -0.1) is 0 Å². The van der Waals surface area contributed by atoms with Crippen molar-refractivity contribution in [2.24, 2.45) is 4.99 Å². The number of aryl methyl sites for hydroxylation is 1. The van der Waals surface area contributed by atoms with Crippen molar-refractivity contribution in [3.63, 3.8) is 0 Å². The first-order valence-corrected chi connectivity index (χ1v) is 5.77. The highest BCUT2D eigenvalue weighted by molar-refractivity contribution is 6.12. The summed E-state index contributed by atoms with van der Waals surface area (Å²) >= 11 is 0. The van der Waals surface area contributed by atoms with Gasteiger partial charge in [0, 0.05) is 23.4 Å². The molecule has 0 spiro atoms. The van der Waals surface area contributed by atoms with Crippen LogP contribution in [0.5, 0.6) is 0 Å². The lowest BCUT2D eigenvalue weighted by atomic mass is 9.87. The zero-order valence-corrected chi connectivity index (χ0v) is 10.0. The number of hydrogen-bond donors (Lipinski definition) is 2. The van der Waals surface area contributed by atoms with Gasteiger partial charge in [-0.2, -0.15) is 0 Å². The average molecular weight is 225 g/mol. The number of hydrogen-bond acceptors (Lipinski definition) is 3. The number of nitrogens with zero attached hydrogens (tertiary/aromatic N) is 1. The Bertz CT molecular complexity index is 567. The molecule has 2 N–H and O–H groups in total. The summed E-state index contributed by atoms with van der Waals surface area (Å²) in [6.07, 6.45) is 1.99. The second kappa shape index (κ2) is 3.48. The molecule has 0 aliphatic carbocycles. The fraction of sp³-hybridized carbons (Fsp3) is 0.214. The van der Waals surface area contributed by atoms with Gasteiger partial charge in [0.1, 0.15) is 11.7 Å². The lowest BCUT2D eigenvalue weighted by Gasteiger charge is -2.30. The van der Waals surface area contributed by atoms with Gasteiger partial charge < -0.3 is 10.6 Å². The zero-order valence-electron chi connectivity index (χ0n) is 10.0. The first-order valence-electron chi connectivity index (χ1n) is 5.77. The van der Waals surface area contributed by atoms with Gasteiger partial charge in [-0.1, -0.05) is 25.6 Å². The van der Waals surface area contributed by atoms with E-state index in [1.807, 2.05) is 6.20 Å². The summed E-state index contributed by atoms with van der Waals surface area (Å²) in [5.74, 6) is 1.95. The minimum Gasteiger partial charge on any atom is -0.347 e. The van der Waals surface area contributed by atoms with E-state index in [1.165, 1.54) is 16.7 Å². The molecule has 3 nitrogen and oxygen atoms in total. The van der Waals surface area contributed by atoms with Crippen LogP contribution < -0.4 is 10.6 Å². The summed E-state index contributed by atoms with van der Waals surface area (Å²) in [5.41, 5.74) is 4.91. The van der Waals surface area contributed by atoms with Crippen LogP contribution in [0.2, 0.25) is 0 Å². The molecule has 0 saturated heterocycles. The Labute approximate surface area is 101 Å². The van der Waals surface area contributed by atoms with Crippen LogP contribution in [-0.4, -0.2) is 5.84 Å². The van der Waals surface area contributed by atoms with E-state index < -0.39 is 0 Å². The zero-order chi connectivity index (χ0) is 12.0. The van der Waals surface area contributed by atoms with Crippen LogP contribution in [0.3, 0.4) is 0 Å². The Morgan fingerprint density at radius 3 is 3.00 bits per heavy atom. The molecular weight excluding hydrogens is 210 g/mol. The Kier molecular flexibility index (Phi) is 2.08. The third-order valence-electron chi connectivity index (χ3n) is 3.31. The maximum Gasteiger partial charge on any atom is 0.138 e. The molecule has 3 heteroatoms. The standard InChI is InChI=1S/C14H15N3/c1-8-4-5-11-9(2)12-7-15-10(3)16-14(12)17-13(11)6-8/h4-7,9,15H,3H2,1-2H3,(H,16,17). The maximum absolute atomic E-state index is 4.41. The molecule has 0 radical (unpaired) electrons. The lowest BCUT2D eigenvalue weighted by Crippen LogP contribution is -2.30. The molecule has 1 unspecified atom stereocenters. The van der Waals surface area contributed by atoms with Gasteiger partial charge in [-0.3, -0.25) is 0 Å². The molecule has 1 aromatic rings. The lowest BCUT2D eigenvalue weighted by molar-refractivity contribution is 0.876. The van der Waals surface area contributed by atoms with Crippen LogP contribution in [0.25, 0.3) is 0 Å². The van der Waals surface area contributed by atoms with E-state index in [1.54, 1.807) is 0 Å². The largest absolute Gasteiger partial charge is 0.347 e. The first kappa shape index (κ1) is 10.1. The first-order chi connectivity index (χ1) is 8.15. The van der Waals surface area contributed by atoms with E-state index in [2.05, 4.69) is 54.3 Å². The molecule has 0 bridgehead atoms. The number of aliphatic imine (C=N–C) groups is 1. The third kappa shape index (κ3) is 1.55. The normalized spacial score (nSPS) is 21.5. The average Bonchev–Trinajstić information content (AvgIpc) is 2.28. The summed E-state index contributed by atoms with van der Waals surface area (Å²) in [5, 5.41) is 6.45. The minimum absolute atomic E-state index is 0.353. The molecule has 0 aromatic heterocycles. The molecule has 0 saturated carbocycles. The van der Waals surface area contributed by atoms with Crippen LogP contribution >= 0.6 is 0 Å². The van der Waals surface area contributed by atoms with Gasteiger partial charge >= 0.3 is 0 Å². The van der Waals surface area contributed by atoms with E-state index in [9.17, 15) is 0 Å². The molecule has 2 aliphatic rings. The summed E-state index contributed by atoms with van der Waals surface area (Å²) in [6, 6.07) is 6.49. The van der Waals surface area contributed by atoms with Crippen molar-refractivity contribution >= 4 is 11.5 Å². The smallest absolute Gasteiger partial charge is 0.138 e. The van der Waals surface area contributed by atoms with Gasteiger partial charge in [0.05, 0.1) is 0 Å². The Morgan fingerprint density at radius 2 is 2.18 bits per heavy atom. The second-order valence-corrected chi connectivity index (χ2v) is 4.59. The molecule has 1 aromatic carbocycles. The Balaban J connectivity index is 2.14. The Hall–Kier alpha value is -2.03. The van der Waals surface area contributed by atoms with Crippen molar-refractivity contribution in [3.8, 4) is 0 Å². The fourth-order valence-corrected chi connectivity index (χ4v) is 2.34. The van der Waals surface area contributed by atoms with Crippen LogP contribution in [0.15, 0.2) is 47.4 Å². The quantitative estimate of drug-likeness (QED) is 0.712. The molecule has 2 aliphatic heterocycles. The van der Waals surface area contributed by atoms with Crippen LogP contribution in [-0.2, 0) is 0 Å². The van der Waals surface area contributed by atoms with Gasteiger partial charge in [-0.05, 0) is 24.1 Å². The van der Waals surface area contributed by atoms with Crippen molar-refractivity contribution in [1.29, 1.82) is 0 Å². The number of rotatable bonds is 0. The highest BCUT2D eigenvalue weighted by Crippen LogP contribution is 2.36. The minimum atomic E-state index is 0.353. The number of benzene rings is 1. The molecule has 17 heavy (non-hydrogen) atoms. The summed E-state index contributed by atoms with van der Waals surface area (Å²) in [6.45, 7) is 8.12. The SMILES string of the molecule is C=C1N=C2Nc3cc(C)ccc3C(C)C2=CN1. The molecule has 0 fully saturated rings. The number of fused-ring (bicyclic) bond motifs is 2. The van der Waals surface area contributed by atoms with Crippen molar-refractivity contribution in [3.05, 3.63) is 53.5 Å². The van der Waals surface area contributed by atoms with Gasteiger partial charge in [0.2, 0.25) is 0 Å². The molecule has 1 atom stereocenters. The molecule has 86 valence electrons. The van der Waals surface area contributed by atoms with E-state index >= 15 is 0 Å². The third-order valence-corrected chi connectivity index (χ3v) is 3.31. The predicted octanol–water partition coefficient (Wildman–Crippen LogP) is 2.88. The monoisotopic (exact) mass is 225 g/mol. The maximum atomic E-state index is 4.41. The molecular formula is C14H15N3. The summed E-state index contributed by atoms with van der Waals surface area (Å²) in [4.78, 5) is 4.41. The van der Waals surface area contributed by atoms with Crippen LogP contribution in [0.1, 0.15) is 24.0 Å². The van der Waals surface area contributed by atoms with Crippen LogP contribution in [0.4, 0.5) is 5.69 Å². The Morgan fingerprint density at radius 1 is 1.35 bits per heavy atom. The van der Waals surface area contributed by atoms with Crippen molar-refractivity contribution in [2.45, 2.75) is 19.8 Å². The highest BCUT2D eigenvalue weighted by Gasteiger charge is 2.27. The van der Waals surface area contributed by atoms with Crippen LogP contribution in [0, 0.1) is 6.92 Å². The fourth-order valence-electron chi connectivity index (χ4n) is 2.34. The van der Waals surface area contributed by atoms with Gasteiger partial charge in [0.15, 0.2) is 0 Å². The van der Waals surface area contributed by atoms with Gasteiger partial charge in [-0.25, -0.2) is 4.99 Å². The molecule has 0 amide bonds. The van der Waals surface area contributed by atoms with E-state index in [4.69, 9.17) is 0 Å². The van der Waals surface area contributed by atoms with Crippen molar-refractivity contribution in [2.75, 3.05) is 5.32 Å². The second-order valence-electron chi connectivity index (χ2n) is 4.59. The summed E-state index contributed by atoms with van der Waals surface area (Å²) in [7, 11) is 0. The molecule has 2 heterocycles. The van der Waals surface area contributed by atoms with Gasteiger partial charge in [0.25, 0.3) is 0 Å². The molecule has 3 rings (SSSR count). The van der Waals surface area contributed by atoms with Crippen molar-refractivity contribution < 1.29 is 0 Å². The number of anilines is 1. The highest BCUT2D eigenvalue weighted by atomic mass is 15.1. The van der Waals surface area contributed by atoms with Crippen molar-refractivity contribution in [1.82, 2.24) is 5.32 Å². The van der Waals surface area contributed by atoms with E-state index in [-0.39, 0.29) is 0 Å². The predicted molar refractivity (Wildman–Crippen MR) is 71.0 cm³/mol. The summed E-state index contributed by atoms with van der Waals surface area (Å²) < 4.78 is 0.